The average Bonchev–Trinajstić information content (AvgIpc) is 2.68. The highest BCUT2D eigenvalue weighted by molar-refractivity contribution is 5.94. The molecule has 0 saturated heterocycles. The molecule has 1 amide bonds. The van der Waals surface area contributed by atoms with Gasteiger partial charge >= 0.3 is 0 Å². The normalized spacial score (nSPS) is 33.1. The summed E-state index contributed by atoms with van der Waals surface area (Å²) in [4.78, 5) is 16.4. The number of amides is 1. The molecule has 0 aliphatic heterocycles. The van der Waals surface area contributed by atoms with Crippen LogP contribution in [0.5, 0.6) is 0 Å². The molecule has 162 valence electrons. The fourth-order valence-corrected chi connectivity index (χ4v) is 6.22. The molecule has 0 bridgehead atoms. The van der Waals surface area contributed by atoms with Gasteiger partial charge in [0.25, 0.3) is 5.91 Å². The zero-order valence-corrected chi connectivity index (χ0v) is 19.6. The Balaban J connectivity index is 2.03. The number of hydrogen-bond acceptors (Lipinski definition) is 1. The first-order valence-electron chi connectivity index (χ1n) is 12.2. The predicted molar refractivity (Wildman–Crippen MR) is 123 cm³/mol. The van der Waals surface area contributed by atoms with Gasteiger partial charge in [-0.25, -0.2) is 0 Å². The van der Waals surface area contributed by atoms with Crippen molar-refractivity contribution < 1.29 is 4.79 Å². The third kappa shape index (κ3) is 5.06. The van der Waals surface area contributed by atoms with E-state index >= 15 is 0 Å². The lowest BCUT2D eigenvalue weighted by Crippen LogP contribution is -2.57. The second-order valence-corrected chi connectivity index (χ2v) is 10.9. The summed E-state index contributed by atoms with van der Waals surface area (Å²) in [6.07, 6.45) is 7.46. The Kier molecular flexibility index (Phi) is 7.46. The predicted octanol–water partition coefficient (Wildman–Crippen LogP) is 7.05. The molecule has 0 spiro atoms. The molecule has 2 aliphatic carbocycles. The van der Waals surface area contributed by atoms with E-state index in [4.69, 9.17) is 0 Å². The summed E-state index contributed by atoms with van der Waals surface area (Å²) < 4.78 is 0. The Hall–Kier alpha value is -1.31. The largest absolute Gasteiger partial charge is 0.332 e. The zero-order valence-electron chi connectivity index (χ0n) is 19.6. The summed E-state index contributed by atoms with van der Waals surface area (Å²) in [5, 5.41) is 0. The van der Waals surface area contributed by atoms with Crippen LogP contribution < -0.4 is 0 Å². The molecule has 0 heterocycles. The first-order valence-corrected chi connectivity index (χ1v) is 12.2. The molecule has 29 heavy (non-hydrogen) atoms. The monoisotopic (exact) mass is 397 g/mol. The fourth-order valence-electron chi connectivity index (χ4n) is 6.22. The second kappa shape index (κ2) is 9.67. The van der Waals surface area contributed by atoms with Crippen LogP contribution in [0.1, 0.15) is 90.4 Å². The number of carbonyl (C=O) groups is 1. The molecule has 1 aromatic rings. The molecule has 6 unspecified atom stereocenters. The summed E-state index contributed by atoms with van der Waals surface area (Å²) in [5.41, 5.74) is 0.869. The summed E-state index contributed by atoms with van der Waals surface area (Å²) >= 11 is 0. The maximum atomic E-state index is 14.0. The topological polar surface area (TPSA) is 20.3 Å². The van der Waals surface area contributed by atoms with Gasteiger partial charge in [0.1, 0.15) is 0 Å². The van der Waals surface area contributed by atoms with E-state index in [9.17, 15) is 4.79 Å². The molecule has 2 nitrogen and oxygen atoms in total. The van der Waals surface area contributed by atoms with Crippen LogP contribution in [0.25, 0.3) is 0 Å². The summed E-state index contributed by atoms with van der Waals surface area (Å²) in [7, 11) is 0. The van der Waals surface area contributed by atoms with Crippen molar-refractivity contribution in [1.29, 1.82) is 0 Å². The molecule has 0 aromatic heterocycles. The molecule has 1 aromatic carbocycles. The molecule has 0 N–H and O–H groups in total. The third-order valence-electron chi connectivity index (χ3n) is 7.94. The van der Waals surface area contributed by atoms with Crippen LogP contribution in [0.3, 0.4) is 0 Å². The summed E-state index contributed by atoms with van der Waals surface area (Å²) in [5.74, 6) is 4.17. The smallest absolute Gasteiger partial charge is 0.254 e. The molecular formula is C27H43NO. The van der Waals surface area contributed by atoms with Crippen molar-refractivity contribution >= 4 is 5.91 Å². The molecule has 2 aliphatic rings. The van der Waals surface area contributed by atoms with Gasteiger partial charge in [-0.15, -0.1) is 0 Å². The average molecular weight is 398 g/mol. The van der Waals surface area contributed by atoms with Gasteiger partial charge in [0, 0.05) is 17.6 Å². The lowest BCUT2D eigenvalue weighted by Gasteiger charge is -2.51. The van der Waals surface area contributed by atoms with E-state index in [1.807, 2.05) is 30.3 Å². The van der Waals surface area contributed by atoms with E-state index in [0.29, 0.717) is 47.6 Å². The van der Waals surface area contributed by atoms with Crippen molar-refractivity contribution in [2.75, 3.05) is 0 Å². The first kappa shape index (κ1) is 22.4. The van der Waals surface area contributed by atoms with Crippen LogP contribution in [0.4, 0.5) is 0 Å². The van der Waals surface area contributed by atoms with Gasteiger partial charge in [0.2, 0.25) is 0 Å². The van der Waals surface area contributed by atoms with E-state index in [1.165, 1.54) is 25.7 Å². The van der Waals surface area contributed by atoms with Crippen molar-refractivity contribution in [3.63, 3.8) is 0 Å². The maximum absolute atomic E-state index is 14.0. The van der Waals surface area contributed by atoms with E-state index in [0.717, 1.165) is 18.4 Å². The standard InChI is InChI=1S/C27H43NO/c1-18(2)23-14-12-20(5)16-25(23)28(27(29)22-10-8-7-9-11-22)26-17-21(6)13-15-24(26)19(3)4/h7-11,18-21,23-26H,12-17H2,1-6H3. The van der Waals surface area contributed by atoms with Gasteiger partial charge in [0.05, 0.1) is 0 Å². The van der Waals surface area contributed by atoms with Crippen molar-refractivity contribution in [3.05, 3.63) is 35.9 Å². The Morgan fingerprint density at radius 2 is 1.24 bits per heavy atom. The van der Waals surface area contributed by atoms with Gasteiger partial charge in [0.15, 0.2) is 0 Å². The molecule has 0 radical (unpaired) electrons. The number of hydrogen-bond donors (Lipinski definition) is 0. The van der Waals surface area contributed by atoms with Gasteiger partial charge in [-0.3, -0.25) is 4.79 Å². The lowest BCUT2D eigenvalue weighted by atomic mass is 9.69. The highest BCUT2D eigenvalue weighted by Crippen LogP contribution is 2.43. The number of nitrogens with zero attached hydrogens (tertiary/aromatic N) is 1. The zero-order chi connectivity index (χ0) is 21.1. The molecular weight excluding hydrogens is 354 g/mol. The molecule has 2 heteroatoms. The van der Waals surface area contributed by atoms with Crippen molar-refractivity contribution in [3.8, 4) is 0 Å². The Labute approximate surface area is 179 Å². The van der Waals surface area contributed by atoms with Crippen LogP contribution in [0, 0.1) is 35.5 Å². The summed E-state index contributed by atoms with van der Waals surface area (Å²) in [6.45, 7) is 14.2. The second-order valence-electron chi connectivity index (χ2n) is 10.9. The molecule has 2 fully saturated rings. The van der Waals surface area contributed by atoms with Gasteiger partial charge < -0.3 is 4.90 Å². The highest BCUT2D eigenvalue weighted by atomic mass is 16.2. The Bertz CT molecular complexity index is 620. The van der Waals surface area contributed by atoms with E-state index in [1.54, 1.807) is 0 Å². The first-order chi connectivity index (χ1) is 13.8. The van der Waals surface area contributed by atoms with E-state index < -0.39 is 0 Å². The number of carbonyl (C=O) groups excluding carboxylic acids is 1. The van der Waals surface area contributed by atoms with Crippen LogP contribution >= 0.6 is 0 Å². The van der Waals surface area contributed by atoms with Crippen LogP contribution in [0.15, 0.2) is 30.3 Å². The Morgan fingerprint density at radius 3 is 1.66 bits per heavy atom. The van der Waals surface area contributed by atoms with Crippen LogP contribution in [0.2, 0.25) is 0 Å². The van der Waals surface area contributed by atoms with Crippen LogP contribution in [-0.2, 0) is 0 Å². The van der Waals surface area contributed by atoms with E-state index in [2.05, 4.69) is 46.4 Å². The highest BCUT2D eigenvalue weighted by Gasteiger charge is 2.44. The van der Waals surface area contributed by atoms with E-state index in [-0.39, 0.29) is 5.91 Å². The molecule has 6 atom stereocenters. The molecule has 2 saturated carbocycles. The minimum Gasteiger partial charge on any atom is -0.332 e. The van der Waals surface area contributed by atoms with Crippen LogP contribution in [-0.4, -0.2) is 22.9 Å². The van der Waals surface area contributed by atoms with Crippen molar-refractivity contribution in [2.24, 2.45) is 35.5 Å². The van der Waals surface area contributed by atoms with Gasteiger partial charge in [-0.2, -0.15) is 0 Å². The maximum Gasteiger partial charge on any atom is 0.254 e. The third-order valence-corrected chi connectivity index (χ3v) is 7.94. The van der Waals surface area contributed by atoms with Gasteiger partial charge in [-0.05, 0) is 73.3 Å². The van der Waals surface area contributed by atoms with Crippen molar-refractivity contribution in [1.82, 2.24) is 4.90 Å². The fraction of sp³-hybridized carbons (Fsp3) is 0.741. The van der Waals surface area contributed by atoms with Crippen molar-refractivity contribution in [2.45, 2.75) is 92.2 Å². The minimum atomic E-state index is 0.278. The number of benzene rings is 1. The minimum absolute atomic E-state index is 0.278. The van der Waals surface area contributed by atoms with Gasteiger partial charge in [-0.1, -0.05) is 72.6 Å². The quantitative estimate of drug-likeness (QED) is 0.521. The summed E-state index contributed by atoms with van der Waals surface area (Å²) in [6, 6.07) is 10.8. The number of rotatable bonds is 5. The SMILES string of the molecule is CC1CCC(C(C)C)C(N(C(=O)c2ccccc2)C2CC(C)CCC2C(C)C)C1. The lowest BCUT2D eigenvalue weighted by molar-refractivity contribution is -0.0115. The Morgan fingerprint density at radius 1 is 0.793 bits per heavy atom. The molecule has 3 rings (SSSR count).